The van der Waals surface area contributed by atoms with E-state index < -0.39 is 0 Å². The Labute approximate surface area is 167 Å². The van der Waals surface area contributed by atoms with Gasteiger partial charge in [0.25, 0.3) is 11.1 Å². The maximum Gasteiger partial charge on any atom is 0.293 e. The smallest absolute Gasteiger partial charge is 0.293 e. The average Bonchev–Trinajstić information content (AvgIpc) is 2.92. The van der Waals surface area contributed by atoms with E-state index >= 15 is 0 Å². The van der Waals surface area contributed by atoms with Crippen LogP contribution in [0.2, 0.25) is 0 Å². The number of rotatable bonds is 7. The monoisotopic (exact) mass is 400 g/mol. The van der Waals surface area contributed by atoms with Crippen LogP contribution in [0.3, 0.4) is 0 Å². The molecule has 1 heterocycles. The predicted molar refractivity (Wildman–Crippen MR) is 109 cm³/mol. The number of halogens is 1. The van der Waals surface area contributed by atoms with Gasteiger partial charge < -0.3 is 9.64 Å². The molecule has 2 aromatic carbocycles. The maximum atomic E-state index is 12.9. The lowest BCUT2D eigenvalue weighted by Crippen LogP contribution is -2.31. The predicted octanol–water partition coefficient (Wildman–Crippen LogP) is 4.61. The Morgan fingerprint density at radius 1 is 1.04 bits per heavy atom. The minimum Gasteiger partial charge on any atom is -0.457 e. The second-order valence-electron chi connectivity index (χ2n) is 6.62. The molecule has 0 aliphatic carbocycles. The van der Waals surface area contributed by atoms with E-state index in [1.807, 2.05) is 19.0 Å². The first-order valence-corrected chi connectivity index (χ1v) is 9.67. The third-order valence-electron chi connectivity index (χ3n) is 4.09. The molecule has 7 heteroatoms. The molecule has 0 radical (unpaired) electrons. The molecule has 0 aromatic heterocycles. The van der Waals surface area contributed by atoms with E-state index in [1.54, 1.807) is 42.5 Å². The summed E-state index contributed by atoms with van der Waals surface area (Å²) >= 11 is 0.962. The van der Waals surface area contributed by atoms with E-state index in [9.17, 15) is 14.0 Å². The number of amides is 2. The number of nitrogens with zero attached hydrogens (tertiary/aromatic N) is 2. The Balaban J connectivity index is 1.64. The fourth-order valence-corrected chi connectivity index (χ4v) is 3.53. The Bertz CT molecular complexity index is 880. The Kier molecular flexibility index (Phi) is 6.49. The molecule has 146 valence electrons. The number of imide groups is 1. The zero-order valence-corrected chi connectivity index (χ0v) is 16.5. The molecule has 0 unspecified atom stereocenters. The third kappa shape index (κ3) is 5.21. The Morgan fingerprint density at radius 3 is 2.25 bits per heavy atom. The lowest BCUT2D eigenvalue weighted by Gasteiger charge is -2.14. The average molecular weight is 400 g/mol. The maximum absolute atomic E-state index is 12.9. The molecule has 1 aliphatic heterocycles. The number of thioether (sulfide) groups is 1. The molecule has 0 atom stereocenters. The van der Waals surface area contributed by atoms with Crippen molar-refractivity contribution in [2.75, 3.05) is 27.2 Å². The normalized spacial score (nSPS) is 15.7. The van der Waals surface area contributed by atoms with Crippen molar-refractivity contribution < 1.29 is 18.7 Å². The molecule has 1 aliphatic rings. The number of hydrogen-bond donors (Lipinski definition) is 0. The van der Waals surface area contributed by atoms with Gasteiger partial charge in [-0.2, -0.15) is 0 Å². The van der Waals surface area contributed by atoms with Gasteiger partial charge in [-0.3, -0.25) is 14.5 Å². The van der Waals surface area contributed by atoms with Gasteiger partial charge in [0.15, 0.2) is 0 Å². The summed E-state index contributed by atoms with van der Waals surface area (Å²) in [6.45, 7) is 1.24. The van der Waals surface area contributed by atoms with Crippen LogP contribution < -0.4 is 4.74 Å². The lowest BCUT2D eigenvalue weighted by molar-refractivity contribution is -0.122. The van der Waals surface area contributed by atoms with Crippen LogP contribution in [-0.4, -0.2) is 48.1 Å². The van der Waals surface area contributed by atoms with E-state index in [0.29, 0.717) is 22.9 Å². The fourth-order valence-electron chi connectivity index (χ4n) is 2.66. The molecule has 1 saturated heterocycles. The van der Waals surface area contributed by atoms with Crippen molar-refractivity contribution in [2.24, 2.45) is 0 Å². The molecule has 0 bridgehead atoms. The van der Waals surface area contributed by atoms with E-state index in [-0.39, 0.29) is 17.0 Å². The summed E-state index contributed by atoms with van der Waals surface area (Å²) in [6.07, 6.45) is 2.45. The van der Waals surface area contributed by atoms with Crippen molar-refractivity contribution >= 4 is 29.0 Å². The first kappa shape index (κ1) is 20.1. The van der Waals surface area contributed by atoms with Crippen LogP contribution in [0.15, 0.2) is 53.4 Å². The van der Waals surface area contributed by atoms with Crippen LogP contribution in [0.25, 0.3) is 6.08 Å². The first-order chi connectivity index (χ1) is 13.4. The summed E-state index contributed by atoms with van der Waals surface area (Å²) in [5, 5.41) is -0.230. The van der Waals surface area contributed by atoms with Crippen molar-refractivity contribution in [1.29, 1.82) is 0 Å². The highest BCUT2D eigenvalue weighted by atomic mass is 32.2. The highest BCUT2D eigenvalue weighted by Crippen LogP contribution is 2.32. The zero-order chi connectivity index (χ0) is 20.1. The SMILES string of the molecule is CN(C)CCCN1C(=O)S/C(=C\c2ccc(Oc3ccc(F)cc3)cc2)C1=O. The van der Waals surface area contributed by atoms with Gasteiger partial charge in [-0.05, 0) is 86.9 Å². The number of ether oxygens (including phenoxy) is 1. The van der Waals surface area contributed by atoms with Gasteiger partial charge in [-0.1, -0.05) is 12.1 Å². The molecular formula is C21H21FN2O3S. The topological polar surface area (TPSA) is 49.9 Å². The van der Waals surface area contributed by atoms with Gasteiger partial charge in [0, 0.05) is 6.54 Å². The highest BCUT2D eigenvalue weighted by Gasteiger charge is 2.34. The van der Waals surface area contributed by atoms with Crippen molar-refractivity contribution in [3.8, 4) is 11.5 Å². The standard InChI is InChI=1S/C21H21FN2O3S/c1-23(2)12-3-13-24-20(25)19(28-21(24)26)14-15-4-8-17(9-5-15)27-18-10-6-16(22)7-11-18/h4-11,14H,3,12-13H2,1-2H3/b19-14-. The van der Waals surface area contributed by atoms with Crippen molar-refractivity contribution in [1.82, 2.24) is 9.80 Å². The second-order valence-corrected chi connectivity index (χ2v) is 7.61. The summed E-state index contributed by atoms with van der Waals surface area (Å²) < 4.78 is 18.6. The van der Waals surface area contributed by atoms with Crippen molar-refractivity contribution in [3.05, 3.63) is 64.8 Å². The van der Waals surface area contributed by atoms with Crippen LogP contribution in [0.4, 0.5) is 9.18 Å². The van der Waals surface area contributed by atoms with Crippen molar-refractivity contribution in [2.45, 2.75) is 6.42 Å². The van der Waals surface area contributed by atoms with Gasteiger partial charge in [-0.25, -0.2) is 4.39 Å². The summed E-state index contributed by atoms with van der Waals surface area (Å²) in [5.41, 5.74) is 0.797. The molecule has 3 rings (SSSR count). The summed E-state index contributed by atoms with van der Waals surface area (Å²) in [5.74, 6) is 0.562. The number of carbonyl (C=O) groups excluding carboxylic acids is 2. The molecule has 0 saturated carbocycles. The largest absolute Gasteiger partial charge is 0.457 e. The molecule has 1 fully saturated rings. The highest BCUT2D eigenvalue weighted by molar-refractivity contribution is 8.18. The molecule has 0 spiro atoms. The van der Waals surface area contributed by atoms with Crippen LogP contribution in [0.1, 0.15) is 12.0 Å². The summed E-state index contributed by atoms with van der Waals surface area (Å²) in [7, 11) is 3.91. The zero-order valence-electron chi connectivity index (χ0n) is 15.7. The van der Waals surface area contributed by atoms with Crippen LogP contribution in [0.5, 0.6) is 11.5 Å². The van der Waals surface area contributed by atoms with Crippen LogP contribution in [-0.2, 0) is 4.79 Å². The Morgan fingerprint density at radius 2 is 1.64 bits per heavy atom. The van der Waals surface area contributed by atoms with Crippen LogP contribution in [0, 0.1) is 5.82 Å². The minimum absolute atomic E-state index is 0.230. The van der Waals surface area contributed by atoms with E-state index in [0.717, 1.165) is 30.3 Å². The van der Waals surface area contributed by atoms with Gasteiger partial charge >= 0.3 is 0 Å². The minimum atomic E-state index is -0.321. The Hall–Kier alpha value is -2.64. The summed E-state index contributed by atoms with van der Waals surface area (Å²) in [6, 6.07) is 12.9. The summed E-state index contributed by atoms with van der Waals surface area (Å²) in [4.78, 5) is 28.3. The number of carbonyl (C=O) groups is 2. The molecule has 2 amide bonds. The molecule has 5 nitrogen and oxygen atoms in total. The van der Waals surface area contributed by atoms with Crippen molar-refractivity contribution in [3.63, 3.8) is 0 Å². The molecule has 0 N–H and O–H groups in total. The van der Waals surface area contributed by atoms with Gasteiger partial charge in [0.05, 0.1) is 4.91 Å². The molecular weight excluding hydrogens is 379 g/mol. The van der Waals surface area contributed by atoms with E-state index in [1.165, 1.54) is 17.0 Å². The van der Waals surface area contributed by atoms with Gasteiger partial charge in [-0.15, -0.1) is 0 Å². The van der Waals surface area contributed by atoms with Gasteiger partial charge in [0.2, 0.25) is 0 Å². The quantitative estimate of drug-likeness (QED) is 0.636. The molecule has 2 aromatic rings. The number of benzene rings is 2. The first-order valence-electron chi connectivity index (χ1n) is 8.86. The third-order valence-corrected chi connectivity index (χ3v) is 5.00. The molecule has 28 heavy (non-hydrogen) atoms. The van der Waals surface area contributed by atoms with E-state index in [4.69, 9.17) is 4.74 Å². The van der Waals surface area contributed by atoms with Gasteiger partial charge in [0.1, 0.15) is 17.3 Å². The second kappa shape index (κ2) is 9.03. The number of hydrogen-bond acceptors (Lipinski definition) is 5. The lowest BCUT2D eigenvalue weighted by atomic mass is 10.2. The van der Waals surface area contributed by atoms with E-state index in [2.05, 4.69) is 0 Å². The van der Waals surface area contributed by atoms with Crippen LogP contribution >= 0.6 is 11.8 Å². The fraction of sp³-hybridized carbons (Fsp3) is 0.238.